The van der Waals surface area contributed by atoms with Crippen molar-refractivity contribution < 1.29 is 62.5 Å². The molecule has 306 valence electrons. The van der Waals surface area contributed by atoms with Crippen molar-refractivity contribution in [1.82, 2.24) is 10.6 Å². The topological polar surface area (TPSA) is 197 Å². The largest absolute Gasteiger partial charge is 0.456 e. The van der Waals surface area contributed by atoms with Crippen LogP contribution in [-0.4, -0.2) is 103 Å². The molecule has 58 heavy (non-hydrogen) atoms. The number of esters is 2. The lowest BCUT2D eigenvalue weighted by Crippen LogP contribution is -2.68. The van der Waals surface area contributed by atoms with Crippen LogP contribution in [0.4, 0.5) is 9.59 Å². The van der Waals surface area contributed by atoms with Gasteiger partial charge >= 0.3 is 24.1 Å². The smallest absolute Gasteiger partial charge is 0.407 e. The highest BCUT2D eigenvalue weighted by molar-refractivity contribution is 5.90. The van der Waals surface area contributed by atoms with Gasteiger partial charge in [-0.2, -0.15) is 0 Å². The second-order valence-corrected chi connectivity index (χ2v) is 13.7. The van der Waals surface area contributed by atoms with Crippen LogP contribution in [0, 0.1) is 0 Å². The van der Waals surface area contributed by atoms with Gasteiger partial charge in [-0.25, -0.2) is 19.2 Å². The molecular formula is C43H46N2O13. The third-order valence-electron chi connectivity index (χ3n) is 9.80. The number of hydrogen-bond donors (Lipinski definition) is 4. The average Bonchev–Trinajstić information content (AvgIpc) is 3.26. The fraction of sp³-hybridized carbons (Fsp3) is 0.349. The first-order valence-electron chi connectivity index (χ1n) is 18.8. The van der Waals surface area contributed by atoms with E-state index in [0.717, 1.165) is 5.56 Å². The van der Waals surface area contributed by atoms with E-state index in [1.165, 1.54) is 19.2 Å². The Morgan fingerprint density at radius 3 is 1.67 bits per heavy atom. The van der Waals surface area contributed by atoms with E-state index in [-0.39, 0.29) is 31.6 Å². The van der Waals surface area contributed by atoms with Crippen molar-refractivity contribution in [2.75, 3.05) is 13.7 Å². The summed E-state index contributed by atoms with van der Waals surface area (Å²) in [6.45, 7) is -0.889. The Morgan fingerprint density at radius 2 is 1.16 bits per heavy atom. The van der Waals surface area contributed by atoms with E-state index in [2.05, 4.69) is 10.6 Å². The molecule has 1 saturated heterocycles. The fourth-order valence-electron chi connectivity index (χ4n) is 6.85. The number of alkyl carbamates (subject to hydrolysis) is 2. The Balaban J connectivity index is 1.30. The molecule has 2 amide bonds. The van der Waals surface area contributed by atoms with Crippen molar-refractivity contribution in [1.29, 1.82) is 0 Å². The van der Waals surface area contributed by atoms with Gasteiger partial charge in [0.15, 0.2) is 12.4 Å². The van der Waals surface area contributed by atoms with Gasteiger partial charge in [0.25, 0.3) is 0 Å². The molecule has 4 N–H and O–H groups in total. The average molecular weight is 799 g/mol. The summed E-state index contributed by atoms with van der Waals surface area (Å²) in [4.78, 5) is 53.4. The molecule has 0 radical (unpaired) electrons. The number of hydrogen-bond acceptors (Lipinski definition) is 13. The number of benzene rings is 4. The van der Waals surface area contributed by atoms with Crippen molar-refractivity contribution in [2.45, 2.75) is 81.1 Å². The molecule has 4 aromatic carbocycles. The molecule has 2 aliphatic rings. The molecule has 1 heterocycles. The van der Waals surface area contributed by atoms with Gasteiger partial charge in [0, 0.05) is 7.11 Å². The summed E-state index contributed by atoms with van der Waals surface area (Å²) in [5.74, 6) is -1.46. The summed E-state index contributed by atoms with van der Waals surface area (Å²) >= 11 is 0. The van der Waals surface area contributed by atoms with Gasteiger partial charge in [-0.1, -0.05) is 97.1 Å². The molecule has 15 heteroatoms. The standard InChI is InChI=1S/C43H46N2O13/c1-52-37-32(55-39(48)29-18-10-4-11-19-29)23-22-31(44-42(50)53-25-27-14-6-2-7-15-27)36(37)58-41-34(45-43(51)54-26-28-16-8-3-9-17-28)38(35(47)33(24-46)56-41)57-40(49)30-20-12-5-13-21-30/h2-21,31-38,41,46-47H,22-26H2,1H3,(H,44,50)(H,45,51)/t31-,32-,33+,34+,35+,36+,37+,38+,41+/m0/s1. The van der Waals surface area contributed by atoms with Crippen LogP contribution in [0.2, 0.25) is 0 Å². The second kappa shape index (κ2) is 20.5. The second-order valence-electron chi connectivity index (χ2n) is 13.7. The van der Waals surface area contributed by atoms with E-state index in [1.54, 1.807) is 84.9 Å². The van der Waals surface area contributed by atoms with Crippen LogP contribution in [0.3, 0.4) is 0 Å². The Hall–Kier alpha value is -5.84. The molecule has 0 unspecified atom stereocenters. The van der Waals surface area contributed by atoms with E-state index in [9.17, 15) is 29.4 Å². The molecule has 2 fully saturated rings. The molecular weight excluding hydrogens is 752 g/mol. The molecule has 1 aliphatic carbocycles. The number of amides is 2. The van der Waals surface area contributed by atoms with Crippen molar-refractivity contribution in [3.05, 3.63) is 144 Å². The number of methoxy groups -OCH3 is 1. The summed E-state index contributed by atoms with van der Waals surface area (Å²) in [7, 11) is 1.38. The minimum absolute atomic E-state index is 0.0245. The maximum atomic E-state index is 13.4. The van der Waals surface area contributed by atoms with E-state index < -0.39 is 85.7 Å². The SMILES string of the molecule is CO[C@H]1[C@H](O[C@H]2O[C@H](CO)[C@@H](O)[C@H](OC(=O)c3ccccc3)[C@H]2NC(=O)OCc2ccccc2)[C@@H](NC(=O)OCc2ccccc2)CC[C@@H]1OC(=O)c1ccccc1. The third kappa shape index (κ3) is 11.0. The van der Waals surface area contributed by atoms with Crippen LogP contribution in [0.5, 0.6) is 0 Å². The monoisotopic (exact) mass is 798 g/mol. The molecule has 6 rings (SSSR count). The van der Waals surface area contributed by atoms with Crippen molar-refractivity contribution in [2.24, 2.45) is 0 Å². The molecule has 1 saturated carbocycles. The molecule has 4 aromatic rings. The Labute approximate surface area is 335 Å². The first kappa shape index (κ1) is 41.8. The quantitative estimate of drug-likeness (QED) is 0.104. The predicted octanol–water partition coefficient (Wildman–Crippen LogP) is 4.30. The number of aliphatic hydroxyl groups excluding tert-OH is 2. The maximum Gasteiger partial charge on any atom is 0.407 e. The number of ether oxygens (including phenoxy) is 7. The zero-order chi connectivity index (χ0) is 40.9. The highest BCUT2D eigenvalue weighted by atomic mass is 16.7. The summed E-state index contributed by atoms with van der Waals surface area (Å²) in [6, 6.07) is 32.0. The fourth-order valence-corrected chi connectivity index (χ4v) is 6.85. The minimum atomic E-state index is -1.66. The molecule has 0 bridgehead atoms. The van der Waals surface area contributed by atoms with Gasteiger partial charge in [0.05, 0.1) is 23.8 Å². The zero-order valence-corrected chi connectivity index (χ0v) is 31.7. The lowest BCUT2D eigenvalue weighted by molar-refractivity contribution is -0.298. The predicted molar refractivity (Wildman–Crippen MR) is 205 cm³/mol. The van der Waals surface area contributed by atoms with Crippen LogP contribution in [0.1, 0.15) is 44.7 Å². The molecule has 0 spiro atoms. The highest BCUT2D eigenvalue weighted by Crippen LogP contribution is 2.33. The summed E-state index contributed by atoms with van der Waals surface area (Å²) in [6.07, 6.45) is -10.7. The van der Waals surface area contributed by atoms with Crippen molar-refractivity contribution >= 4 is 24.1 Å². The Morgan fingerprint density at radius 1 is 0.655 bits per heavy atom. The molecule has 1 aliphatic heterocycles. The number of nitrogens with one attached hydrogen (secondary N) is 2. The lowest BCUT2D eigenvalue weighted by Gasteiger charge is -2.47. The van der Waals surface area contributed by atoms with Gasteiger partial charge in [0.2, 0.25) is 0 Å². The van der Waals surface area contributed by atoms with Crippen LogP contribution in [0.15, 0.2) is 121 Å². The van der Waals surface area contributed by atoms with Crippen LogP contribution < -0.4 is 10.6 Å². The summed E-state index contributed by atoms with van der Waals surface area (Å²) in [5.41, 5.74) is 1.89. The van der Waals surface area contributed by atoms with E-state index in [4.69, 9.17) is 33.2 Å². The zero-order valence-electron chi connectivity index (χ0n) is 31.7. The molecule has 15 nitrogen and oxygen atoms in total. The molecule has 0 aromatic heterocycles. The minimum Gasteiger partial charge on any atom is -0.456 e. The van der Waals surface area contributed by atoms with Crippen LogP contribution in [-0.2, 0) is 46.4 Å². The van der Waals surface area contributed by atoms with Gasteiger partial charge in [-0.3, -0.25) is 0 Å². The number of aliphatic hydroxyl groups is 2. The van der Waals surface area contributed by atoms with E-state index in [0.29, 0.717) is 11.1 Å². The van der Waals surface area contributed by atoms with E-state index >= 15 is 0 Å². The van der Waals surface area contributed by atoms with Crippen molar-refractivity contribution in [3.63, 3.8) is 0 Å². The summed E-state index contributed by atoms with van der Waals surface area (Å²) in [5, 5.41) is 27.3. The Kier molecular flexibility index (Phi) is 14.8. The normalized spacial score (nSPS) is 25.4. The first-order chi connectivity index (χ1) is 28.2. The number of rotatable bonds is 14. The number of carbonyl (C=O) groups excluding carboxylic acids is 4. The molecule has 9 atom stereocenters. The third-order valence-corrected chi connectivity index (χ3v) is 9.80. The summed E-state index contributed by atoms with van der Waals surface area (Å²) < 4.78 is 41.4. The van der Waals surface area contributed by atoms with Crippen LogP contribution in [0.25, 0.3) is 0 Å². The van der Waals surface area contributed by atoms with Gasteiger partial charge in [0.1, 0.15) is 49.8 Å². The lowest BCUT2D eigenvalue weighted by atomic mass is 9.86. The maximum absolute atomic E-state index is 13.4. The number of carbonyl (C=O) groups is 4. The van der Waals surface area contributed by atoms with Gasteiger partial charge < -0.3 is 54.0 Å². The first-order valence-corrected chi connectivity index (χ1v) is 18.8. The Bertz CT molecular complexity index is 1920. The van der Waals surface area contributed by atoms with Crippen molar-refractivity contribution in [3.8, 4) is 0 Å². The van der Waals surface area contributed by atoms with Crippen LogP contribution >= 0.6 is 0 Å². The highest BCUT2D eigenvalue weighted by Gasteiger charge is 2.52. The van der Waals surface area contributed by atoms with Gasteiger partial charge in [-0.15, -0.1) is 0 Å². The van der Waals surface area contributed by atoms with Gasteiger partial charge in [-0.05, 0) is 48.2 Å². The van der Waals surface area contributed by atoms with E-state index in [1.807, 2.05) is 24.3 Å².